The number of aryl methyl sites for hydroxylation is 2. The number of ether oxygens (including phenoxy) is 1. The number of para-hydroxylation sites is 1. The summed E-state index contributed by atoms with van der Waals surface area (Å²) in [6, 6.07) is 9.60. The van der Waals surface area contributed by atoms with Crippen LogP contribution in [0.1, 0.15) is 17.8 Å². The summed E-state index contributed by atoms with van der Waals surface area (Å²) in [6.07, 6.45) is 0.714. The van der Waals surface area contributed by atoms with Gasteiger partial charge in [-0.1, -0.05) is 18.2 Å². The standard InChI is InChI=1S/C19H23N5O3/c1-13-18-17(14(2)24(22-18)15-8-5-4-6-9-15)19(26)23(21-13)12-16(25)20-10-7-11-27-3/h4-6,8-9H,7,10-12H2,1-3H3,(H,20,25). The molecule has 0 aliphatic heterocycles. The van der Waals surface area contributed by atoms with Crippen LogP contribution in [0.15, 0.2) is 35.1 Å². The normalized spacial score (nSPS) is 11.1. The number of benzene rings is 1. The fraction of sp³-hybridized carbons (Fsp3) is 0.368. The number of nitrogens with zero attached hydrogens (tertiary/aromatic N) is 4. The highest BCUT2D eigenvalue weighted by molar-refractivity contribution is 5.83. The third-order valence-electron chi connectivity index (χ3n) is 4.32. The van der Waals surface area contributed by atoms with Crippen LogP contribution in [0.4, 0.5) is 0 Å². The third kappa shape index (κ3) is 3.90. The number of nitrogens with one attached hydrogen (secondary N) is 1. The Hall–Kier alpha value is -3.00. The van der Waals surface area contributed by atoms with E-state index in [4.69, 9.17) is 4.74 Å². The van der Waals surface area contributed by atoms with E-state index in [0.29, 0.717) is 36.2 Å². The number of amides is 1. The van der Waals surface area contributed by atoms with Crippen molar-refractivity contribution in [3.05, 3.63) is 52.1 Å². The molecule has 0 saturated heterocycles. The molecular weight excluding hydrogens is 346 g/mol. The topological polar surface area (TPSA) is 91.0 Å². The summed E-state index contributed by atoms with van der Waals surface area (Å²) in [4.78, 5) is 25.0. The first-order valence-corrected chi connectivity index (χ1v) is 8.81. The fourth-order valence-corrected chi connectivity index (χ4v) is 2.98. The monoisotopic (exact) mass is 369 g/mol. The molecule has 8 heteroatoms. The largest absolute Gasteiger partial charge is 0.385 e. The maximum Gasteiger partial charge on any atom is 0.278 e. The van der Waals surface area contributed by atoms with Crippen LogP contribution < -0.4 is 10.9 Å². The SMILES string of the molecule is COCCCNC(=O)Cn1nc(C)c2nn(-c3ccccc3)c(C)c2c1=O. The molecule has 1 amide bonds. The predicted octanol–water partition coefficient (Wildman–Crippen LogP) is 1.35. The lowest BCUT2D eigenvalue weighted by Gasteiger charge is -2.07. The van der Waals surface area contributed by atoms with Gasteiger partial charge in [0.1, 0.15) is 12.1 Å². The van der Waals surface area contributed by atoms with Gasteiger partial charge in [0, 0.05) is 20.3 Å². The van der Waals surface area contributed by atoms with E-state index >= 15 is 0 Å². The number of hydrogen-bond donors (Lipinski definition) is 1. The van der Waals surface area contributed by atoms with E-state index in [9.17, 15) is 9.59 Å². The molecule has 0 unspecified atom stereocenters. The molecule has 0 bridgehead atoms. The highest BCUT2D eigenvalue weighted by Gasteiger charge is 2.18. The molecule has 0 aliphatic rings. The van der Waals surface area contributed by atoms with Gasteiger partial charge in [-0.3, -0.25) is 9.59 Å². The second-order valence-corrected chi connectivity index (χ2v) is 6.30. The Balaban J connectivity index is 1.93. The van der Waals surface area contributed by atoms with E-state index in [1.807, 2.05) is 37.3 Å². The molecule has 2 aromatic heterocycles. The van der Waals surface area contributed by atoms with Crippen molar-refractivity contribution in [2.45, 2.75) is 26.8 Å². The van der Waals surface area contributed by atoms with Gasteiger partial charge in [0.05, 0.1) is 22.5 Å². The van der Waals surface area contributed by atoms with Crippen molar-refractivity contribution in [2.75, 3.05) is 20.3 Å². The van der Waals surface area contributed by atoms with Crippen LogP contribution in [-0.4, -0.2) is 45.7 Å². The third-order valence-corrected chi connectivity index (χ3v) is 4.32. The Labute approximate surface area is 156 Å². The second-order valence-electron chi connectivity index (χ2n) is 6.30. The van der Waals surface area contributed by atoms with Gasteiger partial charge in [-0.25, -0.2) is 9.36 Å². The minimum absolute atomic E-state index is 0.126. The maximum atomic E-state index is 12.9. The van der Waals surface area contributed by atoms with E-state index in [2.05, 4.69) is 15.5 Å². The molecular formula is C19H23N5O3. The Kier molecular flexibility index (Phi) is 5.66. The van der Waals surface area contributed by atoms with Gasteiger partial charge in [-0.05, 0) is 32.4 Å². The lowest BCUT2D eigenvalue weighted by atomic mass is 10.2. The van der Waals surface area contributed by atoms with E-state index in [-0.39, 0.29) is 18.0 Å². The molecule has 27 heavy (non-hydrogen) atoms. The number of rotatable bonds is 7. The summed E-state index contributed by atoms with van der Waals surface area (Å²) in [5.74, 6) is -0.257. The molecule has 0 saturated carbocycles. The predicted molar refractivity (Wildman–Crippen MR) is 102 cm³/mol. The quantitative estimate of drug-likeness (QED) is 0.635. The van der Waals surface area contributed by atoms with E-state index in [1.54, 1.807) is 18.7 Å². The minimum Gasteiger partial charge on any atom is -0.385 e. The van der Waals surface area contributed by atoms with Gasteiger partial charge in [0.2, 0.25) is 5.91 Å². The van der Waals surface area contributed by atoms with E-state index in [1.165, 1.54) is 4.68 Å². The van der Waals surface area contributed by atoms with Crippen LogP contribution in [0.5, 0.6) is 0 Å². The van der Waals surface area contributed by atoms with Gasteiger partial charge >= 0.3 is 0 Å². The maximum absolute atomic E-state index is 12.9. The van der Waals surface area contributed by atoms with Crippen LogP contribution in [-0.2, 0) is 16.1 Å². The first-order chi connectivity index (χ1) is 13.0. The Morgan fingerprint density at radius 3 is 2.63 bits per heavy atom. The number of carbonyl (C=O) groups excluding carboxylic acids is 1. The highest BCUT2D eigenvalue weighted by atomic mass is 16.5. The molecule has 3 aromatic rings. The zero-order valence-corrected chi connectivity index (χ0v) is 15.7. The smallest absolute Gasteiger partial charge is 0.278 e. The van der Waals surface area contributed by atoms with Gasteiger partial charge in [-0.15, -0.1) is 0 Å². The van der Waals surface area contributed by atoms with Crippen molar-refractivity contribution in [3.8, 4) is 5.69 Å². The molecule has 0 aliphatic carbocycles. The first-order valence-electron chi connectivity index (χ1n) is 8.81. The van der Waals surface area contributed by atoms with Crippen molar-refractivity contribution >= 4 is 16.8 Å². The lowest BCUT2D eigenvalue weighted by molar-refractivity contribution is -0.121. The number of methoxy groups -OCH3 is 1. The minimum atomic E-state index is -0.317. The zero-order valence-electron chi connectivity index (χ0n) is 15.7. The molecule has 0 radical (unpaired) electrons. The van der Waals surface area contributed by atoms with Crippen LogP contribution in [0.25, 0.3) is 16.6 Å². The van der Waals surface area contributed by atoms with Crippen molar-refractivity contribution in [2.24, 2.45) is 0 Å². The average molecular weight is 369 g/mol. The summed E-state index contributed by atoms with van der Waals surface area (Å²) < 4.78 is 7.88. The highest BCUT2D eigenvalue weighted by Crippen LogP contribution is 2.19. The van der Waals surface area contributed by atoms with E-state index < -0.39 is 0 Å². The second kappa shape index (κ2) is 8.13. The molecule has 1 aromatic carbocycles. The number of hydrogen-bond acceptors (Lipinski definition) is 5. The molecule has 142 valence electrons. The summed E-state index contributed by atoms with van der Waals surface area (Å²) in [5.41, 5.74) is 2.43. The lowest BCUT2D eigenvalue weighted by Crippen LogP contribution is -2.34. The van der Waals surface area contributed by atoms with Crippen molar-refractivity contribution in [1.29, 1.82) is 0 Å². The number of aromatic nitrogens is 4. The van der Waals surface area contributed by atoms with Crippen molar-refractivity contribution < 1.29 is 9.53 Å². The van der Waals surface area contributed by atoms with Gasteiger partial charge < -0.3 is 10.1 Å². The van der Waals surface area contributed by atoms with Crippen molar-refractivity contribution in [3.63, 3.8) is 0 Å². The van der Waals surface area contributed by atoms with Crippen molar-refractivity contribution in [1.82, 2.24) is 24.9 Å². The molecule has 0 fully saturated rings. The Morgan fingerprint density at radius 1 is 1.19 bits per heavy atom. The summed E-state index contributed by atoms with van der Waals surface area (Å²) in [7, 11) is 1.61. The molecule has 1 N–H and O–H groups in total. The number of fused-ring (bicyclic) bond motifs is 1. The molecule has 3 rings (SSSR count). The molecule has 2 heterocycles. The fourth-order valence-electron chi connectivity index (χ4n) is 2.98. The van der Waals surface area contributed by atoms with Gasteiger partial charge in [0.15, 0.2) is 0 Å². The van der Waals surface area contributed by atoms with Gasteiger partial charge in [-0.2, -0.15) is 10.2 Å². The van der Waals surface area contributed by atoms with Crippen LogP contribution in [0, 0.1) is 13.8 Å². The van der Waals surface area contributed by atoms with Crippen LogP contribution in [0.2, 0.25) is 0 Å². The van der Waals surface area contributed by atoms with Gasteiger partial charge in [0.25, 0.3) is 5.56 Å². The average Bonchev–Trinajstić information content (AvgIpc) is 3.02. The van der Waals surface area contributed by atoms with Crippen LogP contribution in [0.3, 0.4) is 0 Å². The van der Waals surface area contributed by atoms with Crippen LogP contribution >= 0.6 is 0 Å². The molecule has 0 atom stereocenters. The summed E-state index contributed by atoms with van der Waals surface area (Å²) >= 11 is 0. The molecule has 0 spiro atoms. The first kappa shape index (κ1) is 18.8. The number of carbonyl (C=O) groups is 1. The van der Waals surface area contributed by atoms with E-state index in [0.717, 1.165) is 11.4 Å². The summed E-state index contributed by atoms with van der Waals surface area (Å²) in [5, 5.41) is 12.1. The Bertz CT molecular complexity index is 1010. The Morgan fingerprint density at radius 2 is 1.93 bits per heavy atom. The molecule has 8 nitrogen and oxygen atoms in total. The summed E-state index contributed by atoms with van der Waals surface area (Å²) in [6.45, 7) is 4.57. The zero-order chi connectivity index (χ0) is 19.4.